The molecule has 3 heteroatoms. The molecule has 3 aliphatic rings. The van der Waals surface area contributed by atoms with Crippen LogP contribution in [0.2, 0.25) is 0 Å². The molecule has 2 saturated heterocycles. The minimum absolute atomic E-state index is 0.697. The van der Waals surface area contributed by atoms with Gasteiger partial charge in [0.25, 0.3) is 0 Å². The van der Waals surface area contributed by atoms with E-state index in [0.717, 1.165) is 24.5 Å². The van der Waals surface area contributed by atoms with E-state index in [1.807, 2.05) is 0 Å². The second kappa shape index (κ2) is 7.99. The van der Waals surface area contributed by atoms with Gasteiger partial charge in [0.05, 0.1) is 0 Å². The van der Waals surface area contributed by atoms with Crippen molar-refractivity contribution in [1.82, 2.24) is 15.5 Å². The van der Waals surface area contributed by atoms with Crippen molar-refractivity contribution in [3.05, 3.63) is 35.9 Å². The molecular formula is C21H33N3. The van der Waals surface area contributed by atoms with Gasteiger partial charge in [-0.15, -0.1) is 0 Å². The summed E-state index contributed by atoms with van der Waals surface area (Å²) in [5, 5.41) is 7.87. The topological polar surface area (TPSA) is 27.3 Å². The number of nitrogens with zero attached hydrogens (tertiary/aromatic N) is 1. The van der Waals surface area contributed by atoms with Crippen molar-refractivity contribution < 1.29 is 0 Å². The predicted octanol–water partition coefficient (Wildman–Crippen LogP) is 3.16. The molecule has 0 aromatic heterocycles. The van der Waals surface area contributed by atoms with Crippen LogP contribution in [0.5, 0.6) is 0 Å². The summed E-state index contributed by atoms with van der Waals surface area (Å²) in [5.74, 6) is 0.869. The number of rotatable bonds is 5. The van der Waals surface area contributed by atoms with Crippen LogP contribution in [0.15, 0.2) is 30.3 Å². The average Bonchev–Trinajstić information content (AvgIpc) is 3.27. The van der Waals surface area contributed by atoms with Crippen molar-refractivity contribution in [1.29, 1.82) is 0 Å². The molecule has 0 spiro atoms. The number of likely N-dealkylation sites (tertiary alicyclic amines) is 1. The Morgan fingerprint density at radius 2 is 1.92 bits per heavy atom. The molecule has 3 nitrogen and oxygen atoms in total. The minimum Gasteiger partial charge on any atom is -0.314 e. The fourth-order valence-electron chi connectivity index (χ4n) is 5.18. The molecule has 3 fully saturated rings. The van der Waals surface area contributed by atoms with E-state index in [2.05, 4.69) is 45.9 Å². The Morgan fingerprint density at radius 3 is 2.75 bits per heavy atom. The molecule has 4 atom stereocenters. The zero-order chi connectivity index (χ0) is 16.2. The van der Waals surface area contributed by atoms with E-state index in [4.69, 9.17) is 0 Å². The summed E-state index contributed by atoms with van der Waals surface area (Å²) < 4.78 is 0. The molecule has 0 amide bonds. The first-order valence-corrected chi connectivity index (χ1v) is 10.1. The summed E-state index contributed by atoms with van der Waals surface area (Å²) >= 11 is 0. The monoisotopic (exact) mass is 327 g/mol. The van der Waals surface area contributed by atoms with Crippen LogP contribution in [0.25, 0.3) is 0 Å². The van der Waals surface area contributed by atoms with Gasteiger partial charge in [0.1, 0.15) is 0 Å². The number of piperidine rings is 1. The Kier molecular flexibility index (Phi) is 5.51. The fourth-order valence-corrected chi connectivity index (χ4v) is 5.18. The molecule has 1 aliphatic carbocycles. The first kappa shape index (κ1) is 16.6. The number of hydrogen-bond acceptors (Lipinski definition) is 3. The van der Waals surface area contributed by atoms with E-state index >= 15 is 0 Å². The zero-order valence-electron chi connectivity index (χ0n) is 14.9. The quantitative estimate of drug-likeness (QED) is 0.870. The summed E-state index contributed by atoms with van der Waals surface area (Å²) in [6, 6.07) is 13.1. The van der Waals surface area contributed by atoms with E-state index in [-0.39, 0.29) is 0 Å². The van der Waals surface area contributed by atoms with Gasteiger partial charge in [-0.1, -0.05) is 43.2 Å². The van der Waals surface area contributed by atoms with Crippen molar-refractivity contribution in [2.24, 2.45) is 5.92 Å². The third kappa shape index (κ3) is 4.01. The maximum atomic E-state index is 4.06. The molecule has 4 rings (SSSR count). The Balaban J connectivity index is 1.28. The lowest BCUT2D eigenvalue weighted by molar-refractivity contribution is 0.242. The van der Waals surface area contributed by atoms with Gasteiger partial charge < -0.3 is 10.6 Å². The number of nitrogens with one attached hydrogen (secondary N) is 2. The summed E-state index contributed by atoms with van der Waals surface area (Å²) in [5.41, 5.74) is 1.45. The lowest BCUT2D eigenvalue weighted by atomic mass is 9.88. The molecule has 0 radical (unpaired) electrons. The van der Waals surface area contributed by atoms with Crippen LogP contribution < -0.4 is 10.6 Å². The lowest BCUT2D eigenvalue weighted by Crippen LogP contribution is -2.49. The third-order valence-corrected chi connectivity index (χ3v) is 6.41. The molecule has 1 aromatic carbocycles. The van der Waals surface area contributed by atoms with Gasteiger partial charge in [0.2, 0.25) is 0 Å². The summed E-state index contributed by atoms with van der Waals surface area (Å²) in [4.78, 5) is 2.62. The second-order valence-electron chi connectivity index (χ2n) is 8.13. The smallest absolute Gasteiger partial charge is 0.0234 e. The molecule has 2 heterocycles. The maximum Gasteiger partial charge on any atom is 0.0234 e. The van der Waals surface area contributed by atoms with Crippen LogP contribution in [0.3, 0.4) is 0 Å². The van der Waals surface area contributed by atoms with E-state index in [1.54, 1.807) is 0 Å². The van der Waals surface area contributed by atoms with Gasteiger partial charge in [-0.05, 0) is 50.1 Å². The van der Waals surface area contributed by atoms with Gasteiger partial charge in [0, 0.05) is 37.8 Å². The van der Waals surface area contributed by atoms with Crippen LogP contribution >= 0.6 is 0 Å². The zero-order valence-corrected chi connectivity index (χ0v) is 14.9. The fraction of sp³-hybridized carbons (Fsp3) is 0.714. The minimum atomic E-state index is 0.697. The van der Waals surface area contributed by atoms with E-state index in [0.29, 0.717) is 6.04 Å². The van der Waals surface area contributed by atoms with Gasteiger partial charge >= 0.3 is 0 Å². The molecule has 24 heavy (non-hydrogen) atoms. The first-order chi connectivity index (χ1) is 11.9. The predicted molar refractivity (Wildman–Crippen MR) is 100 cm³/mol. The maximum absolute atomic E-state index is 4.06. The van der Waals surface area contributed by atoms with Crippen LogP contribution in [0.4, 0.5) is 0 Å². The summed E-state index contributed by atoms with van der Waals surface area (Å²) in [6.07, 6.45) is 9.74. The highest BCUT2D eigenvalue weighted by Gasteiger charge is 2.36. The van der Waals surface area contributed by atoms with Gasteiger partial charge in [0.15, 0.2) is 0 Å². The Labute approximate surface area is 147 Å². The van der Waals surface area contributed by atoms with Crippen LogP contribution in [-0.4, -0.2) is 42.7 Å². The standard InChI is InChI=1S/C21H33N3/c1-2-7-17(8-3-1)15-24-14-12-18(16-24)23-21-11-6-9-19(21)20-10-4-5-13-22-20/h1-3,7-8,18-23H,4-6,9-16H2. The van der Waals surface area contributed by atoms with Crippen molar-refractivity contribution >= 4 is 0 Å². The molecule has 132 valence electrons. The first-order valence-electron chi connectivity index (χ1n) is 10.1. The van der Waals surface area contributed by atoms with Gasteiger partial charge in [-0.3, -0.25) is 4.90 Å². The molecule has 2 aliphatic heterocycles. The average molecular weight is 328 g/mol. The second-order valence-corrected chi connectivity index (χ2v) is 8.13. The van der Waals surface area contributed by atoms with Crippen molar-refractivity contribution in [3.8, 4) is 0 Å². The third-order valence-electron chi connectivity index (χ3n) is 6.41. The van der Waals surface area contributed by atoms with Gasteiger partial charge in [-0.25, -0.2) is 0 Å². The number of hydrogen-bond donors (Lipinski definition) is 2. The Bertz CT molecular complexity index is 497. The Hall–Kier alpha value is -0.900. The highest BCUT2D eigenvalue weighted by atomic mass is 15.2. The van der Waals surface area contributed by atoms with Crippen molar-refractivity contribution in [3.63, 3.8) is 0 Å². The van der Waals surface area contributed by atoms with E-state index < -0.39 is 0 Å². The van der Waals surface area contributed by atoms with Crippen molar-refractivity contribution in [2.45, 2.75) is 69.6 Å². The molecule has 0 bridgehead atoms. The molecule has 4 unspecified atom stereocenters. The van der Waals surface area contributed by atoms with Gasteiger partial charge in [-0.2, -0.15) is 0 Å². The number of benzene rings is 1. The molecule has 1 aromatic rings. The lowest BCUT2D eigenvalue weighted by Gasteiger charge is -2.34. The van der Waals surface area contributed by atoms with Crippen LogP contribution in [0, 0.1) is 5.92 Å². The Morgan fingerprint density at radius 1 is 1.00 bits per heavy atom. The molecule has 2 N–H and O–H groups in total. The van der Waals surface area contributed by atoms with E-state index in [1.165, 1.54) is 70.1 Å². The highest BCUT2D eigenvalue weighted by Crippen LogP contribution is 2.32. The normalized spacial score (nSPS) is 34.7. The largest absolute Gasteiger partial charge is 0.314 e. The van der Waals surface area contributed by atoms with Crippen LogP contribution in [0.1, 0.15) is 50.5 Å². The SMILES string of the molecule is c1ccc(CN2CCC(NC3CCCC3C3CCCCN3)C2)cc1. The highest BCUT2D eigenvalue weighted by molar-refractivity contribution is 5.14. The van der Waals surface area contributed by atoms with E-state index in [9.17, 15) is 0 Å². The molecule has 1 saturated carbocycles. The summed E-state index contributed by atoms with van der Waals surface area (Å²) in [6.45, 7) is 4.81. The van der Waals surface area contributed by atoms with Crippen LogP contribution in [-0.2, 0) is 6.54 Å². The van der Waals surface area contributed by atoms with Crippen molar-refractivity contribution in [2.75, 3.05) is 19.6 Å². The summed E-state index contributed by atoms with van der Waals surface area (Å²) in [7, 11) is 0. The molecular weight excluding hydrogens is 294 g/mol.